The average Bonchev–Trinajstić information content (AvgIpc) is 2.35. The molecule has 19 heavy (non-hydrogen) atoms. The minimum absolute atomic E-state index is 0.497. The van der Waals surface area contributed by atoms with E-state index >= 15 is 0 Å². The van der Waals surface area contributed by atoms with Crippen LogP contribution in [0.15, 0.2) is 0 Å². The van der Waals surface area contributed by atoms with Gasteiger partial charge in [0.05, 0.1) is 6.61 Å². The van der Waals surface area contributed by atoms with Gasteiger partial charge in [-0.15, -0.1) is 0 Å². The van der Waals surface area contributed by atoms with Crippen LogP contribution in [-0.4, -0.2) is 22.9 Å². The molecule has 4 heteroatoms. The molecule has 0 amide bonds. The standard InChI is InChI=1S/C13H28O2.C2H4O2/c1-2-3-4-5-6-7-8-9-10-11-12-13-15-14;1-2(3)4/h14H,2-13H2,1H3;1H3,(H,3,4). The van der Waals surface area contributed by atoms with Crippen LogP contribution in [0.1, 0.15) is 84.5 Å². The van der Waals surface area contributed by atoms with Crippen molar-refractivity contribution in [3.05, 3.63) is 0 Å². The maximum Gasteiger partial charge on any atom is 0.300 e. The molecular formula is C15H32O4. The fourth-order valence-corrected chi connectivity index (χ4v) is 1.83. The summed E-state index contributed by atoms with van der Waals surface area (Å²) in [4.78, 5) is 13.0. The smallest absolute Gasteiger partial charge is 0.300 e. The molecule has 0 spiro atoms. The number of carboxylic acid groups (broad SMARTS) is 1. The van der Waals surface area contributed by atoms with Crippen molar-refractivity contribution in [2.24, 2.45) is 0 Å². The number of carboxylic acids is 1. The fraction of sp³-hybridized carbons (Fsp3) is 0.933. The van der Waals surface area contributed by atoms with E-state index in [1.54, 1.807) is 0 Å². The van der Waals surface area contributed by atoms with Gasteiger partial charge in [-0.25, -0.2) is 4.89 Å². The predicted molar refractivity (Wildman–Crippen MR) is 78.4 cm³/mol. The molecule has 0 unspecified atom stereocenters. The van der Waals surface area contributed by atoms with Crippen LogP contribution >= 0.6 is 0 Å². The van der Waals surface area contributed by atoms with Crippen molar-refractivity contribution >= 4 is 5.97 Å². The van der Waals surface area contributed by atoms with E-state index in [2.05, 4.69) is 11.8 Å². The van der Waals surface area contributed by atoms with E-state index in [1.165, 1.54) is 64.2 Å². The van der Waals surface area contributed by atoms with Crippen LogP contribution in [0.4, 0.5) is 0 Å². The molecule has 0 aromatic carbocycles. The Morgan fingerprint density at radius 3 is 1.47 bits per heavy atom. The minimum Gasteiger partial charge on any atom is -0.481 e. The first-order chi connectivity index (χ1) is 9.15. The largest absolute Gasteiger partial charge is 0.481 e. The lowest BCUT2D eigenvalue weighted by atomic mass is 10.1. The van der Waals surface area contributed by atoms with Crippen LogP contribution < -0.4 is 0 Å². The molecule has 0 bridgehead atoms. The second-order valence-corrected chi connectivity index (χ2v) is 4.89. The van der Waals surface area contributed by atoms with Gasteiger partial charge >= 0.3 is 0 Å². The fourth-order valence-electron chi connectivity index (χ4n) is 1.83. The Morgan fingerprint density at radius 2 is 1.16 bits per heavy atom. The van der Waals surface area contributed by atoms with Crippen molar-refractivity contribution in [3.8, 4) is 0 Å². The number of hydrogen-bond acceptors (Lipinski definition) is 3. The highest BCUT2D eigenvalue weighted by Gasteiger charge is 1.92. The van der Waals surface area contributed by atoms with Gasteiger partial charge in [0.2, 0.25) is 0 Å². The van der Waals surface area contributed by atoms with Crippen molar-refractivity contribution in [3.63, 3.8) is 0 Å². The van der Waals surface area contributed by atoms with Crippen molar-refractivity contribution in [2.75, 3.05) is 6.61 Å². The second kappa shape index (κ2) is 19.7. The van der Waals surface area contributed by atoms with E-state index in [-0.39, 0.29) is 0 Å². The van der Waals surface area contributed by atoms with Crippen molar-refractivity contribution in [1.82, 2.24) is 0 Å². The lowest BCUT2D eigenvalue weighted by Crippen LogP contribution is -1.88. The number of aliphatic carboxylic acids is 1. The molecule has 2 N–H and O–H groups in total. The van der Waals surface area contributed by atoms with Gasteiger partial charge in [0.25, 0.3) is 5.97 Å². The third-order valence-corrected chi connectivity index (χ3v) is 2.84. The van der Waals surface area contributed by atoms with E-state index in [1.807, 2.05) is 0 Å². The molecule has 4 nitrogen and oxygen atoms in total. The zero-order valence-electron chi connectivity index (χ0n) is 12.7. The summed E-state index contributed by atoms with van der Waals surface area (Å²) >= 11 is 0. The number of hydrogen-bond donors (Lipinski definition) is 2. The molecular weight excluding hydrogens is 244 g/mol. The Bertz CT molecular complexity index is 156. The zero-order valence-corrected chi connectivity index (χ0v) is 12.7. The molecule has 0 radical (unpaired) electrons. The van der Waals surface area contributed by atoms with Crippen LogP contribution in [0, 0.1) is 0 Å². The van der Waals surface area contributed by atoms with Crippen molar-refractivity contribution < 1.29 is 20.0 Å². The predicted octanol–water partition coefficient (Wildman–Crippen LogP) is 4.88. The van der Waals surface area contributed by atoms with Gasteiger partial charge in [-0.2, -0.15) is 0 Å². The summed E-state index contributed by atoms with van der Waals surface area (Å²) in [5, 5.41) is 15.5. The lowest BCUT2D eigenvalue weighted by molar-refractivity contribution is -0.242. The van der Waals surface area contributed by atoms with E-state index in [9.17, 15) is 0 Å². The molecule has 0 aliphatic rings. The highest BCUT2D eigenvalue weighted by molar-refractivity contribution is 5.62. The molecule has 0 aliphatic carbocycles. The number of carbonyl (C=O) groups is 1. The molecule has 0 saturated heterocycles. The van der Waals surface area contributed by atoms with E-state index in [4.69, 9.17) is 15.2 Å². The Balaban J connectivity index is 0. The van der Waals surface area contributed by atoms with Crippen molar-refractivity contribution in [1.29, 1.82) is 0 Å². The summed E-state index contributed by atoms with van der Waals surface area (Å²) in [5.41, 5.74) is 0. The van der Waals surface area contributed by atoms with Gasteiger partial charge in [-0.3, -0.25) is 10.1 Å². The second-order valence-electron chi connectivity index (χ2n) is 4.89. The molecule has 0 rings (SSSR count). The SMILES string of the molecule is CC(=O)O.CCCCCCCCCCCCCOO. The summed E-state index contributed by atoms with van der Waals surface area (Å²) < 4.78 is 0. The first-order valence-corrected chi connectivity index (χ1v) is 7.61. The summed E-state index contributed by atoms with van der Waals surface area (Å²) in [6, 6.07) is 0. The quantitative estimate of drug-likeness (QED) is 0.303. The highest BCUT2D eigenvalue weighted by Crippen LogP contribution is 2.11. The third-order valence-electron chi connectivity index (χ3n) is 2.84. The van der Waals surface area contributed by atoms with Gasteiger partial charge in [0, 0.05) is 6.92 Å². The number of unbranched alkanes of at least 4 members (excludes halogenated alkanes) is 10. The molecule has 0 aliphatic heterocycles. The van der Waals surface area contributed by atoms with Crippen LogP contribution in [0.2, 0.25) is 0 Å². The molecule has 0 saturated carbocycles. The van der Waals surface area contributed by atoms with E-state index < -0.39 is 5.97 Å². The highest BCUT2D eigenvalue weighted by atomic mass is 17.1. The molecule has 0 heterocycles. The summed E-state index contributed by atoms with van der Waals surface area (Å²) in [7, 11) is 0. The summed E-state index contributed by atoms with van der Waals surface area (Å²) in [5.74, 6) is -0.833. The molecule has 0 fully saturated rings. The average molecular weight is 276 g/mol. The maximum atomic E-state index is 9.00. The van der Waals surface area contributed by atoms with Crippen LogP contribution in [-0.2, 0) is 9.68 Å². The van der Waals surface area contributed by atoms with Crippen LogP contribution in [0.25, 0.3) is 0 Å². The van der Waals surface area contributed by atoms with Crippen LogP contribution in [0.5, 0.6) is 0 Å². The molecule has 0 aromatic heterocycles. The first kappa shape index (κ1) is 20.7. The summed E-state index contributed by atoms with van der Waals surface area (Å²) in [6.45, 7) is 3.84. The molecule has 0 aromatic rings. The van der Waals surface area contributed by atoms with Crippen LogP contribution in [0.3, 0.4) is 0 Å². The van der Waals surface area contributed by atoms with E-state index in [0.717, 1.165) is 13.3 Å². The topological polar surface area (TPSA) is 66.8 Å². The minimum atomic E-state index is -0.833. The first-order valence-electron chi connectivity index (χ1n) is 7.61. The number of rotatable bonds is 12. The Morgan fingerprint density at radius 1 is 0.842 bits per heavy atom. The van der Waals surface area contributed by atoms with Gasteiger partial charge in [0.1, 0.15) is 0 Å². The van der Waals surface area contributed by atoms with Gasteiger partial charge in [0.15, 0.2) is 0 Å². The van der Waals surface area contributed by atoms with E-state index in [0.29, 0.717) is 6.61 Å². The van der Waals surface area contributed by atoms with Gasteiger partial charge in [-0.1, -0.05) is 71.1 Å². The van der Waals surface area contributed by atoms with Gasteiger partial charge in [-0.05, 0) is 6.42 Å². The monoisotopic (exact) mass is 276 g/mol. The molecule has 0 atom stereocenters. The Kier molecular flexibility index (Phi) is 21.5. The zero-order chi connectivity index (χ0) is 14.8. The van der Waals surface area contributed by atoms with Crippen molar-refractivity contribution in [2.45, 2.75) is 84.5 Å². The third kappa shape index (κ3) is 31.7. The normalized spacial score (nSPS) is 9.84. The lowest BCUT2D eigenvalue weighted by Gasteiger charge is -2.01. The Labute approximate surface area is 118 Å². The Hall–Kier alpha value is -0.610. The summed E-state index contributed by atoms with van der Waals surface area (Å²) in [6.07, 6.45) is 14.6. The maximum absolute atomic E-state index is 9.00. The molecule has 116 valence electrons. The van der Waals surface area contributed by atoms with Gasteiger partial charge < -0.3 is 5.11 Å².